The molecule has 0 aromatic heterocycles. The molecular weight excluding hydrogens is 272 g/mol. The lowest BCUT2D eigenvalue weighted by Crippen LogP contribution is -2.47. The van der Waals surface area contributed by atoms with Crippen LogP contribution in [0.25, 0.3) is 0 Å². The van der Waals surface area contributed by atoms with Gasteiger partial charge in [-0.1, -0.05) is 32.0 Å². The summed E-state index contributed by atoms with van der Waals surface area (Å²) in [5, 5.41) is 11.6. The van der Waals surface area contributed by atoms with Gasteiger partial charge in [0.05, 0.1) is 5.56 Å². The summed E-state index contributed by atoms with van der Waals surface area (Å²) in [4.78, 5) is 34.1. The Morgan fingerprint density at radius 3 is 2.38 bits per heavy atom. The van der Waals surface area contributed by atoms with Crippen LogP contribution in [0.1, 0.15) is 36.2 Å². The molecule has 0 bridgehead atoms. The van der Waals surface area contributed by atoms with Crippen LogP contribution in [0.3, 0.4) is 0 Å². The highest BCUT2D eigenvalue weighted by Gasteiger charge is 2.21. The van der Waals surface area contributed by atoms with Gasteiger partial charge in [-0.15, -0.1) is 0 Å². The van der Waals surface area contributed by atoms with E-state index in [-0.39, 0.29) is 30.2 Å². The van der Waals surface area contributed by atoms with Crippen LogP contribution in [0.4, 0.5) is 0 Å². The van der Waals surface area contributed by atoms with Gasteiger partial charge in [0, 0.05) is 6.42 Å². The average Bonchev–Trinajstić information content (AvgIpc) is 2.42. The molecule has 1 atom stereocenters. The van der Waals surface area contributed by atoms with E-state index in [0.29, 0.717) is 5.56 Å². The van der Waals surface area contributed by atoms with E-state index in [0.717, 1.165) is 0 Å². The maximum Gasteiger partial charge on any atom is 0.335 e. The van der Waals surface area contributed by atoms with E-state index in [1.807, 2.05) is 0 Å². The number of benzene rings is 1. The van der Waals surface area contributed by atoms with Crippen LogP contribution in [0.2, 0.25) is 0 Å². The first-order chi connectivity index (χ1) is 9.82. The lowest BCUT2D eigenvalue weighted by Gasteiger charge is -2.19. The van der Waals surface area contributed by atoms with Crippen LogP contribution in [-0.2, 0) is 16.0 Å². The SMILES string of the molecule is CC(C)C(NC(=O)CCc1ccccc1C(=O)O)C(N)=O. The zero-order chi connectivity index (χ0) is 16.0. The second-order valence-corrected chi connectivity index (χ2v) is 5.15. The first kappa shape index (κ1) is 16.7. The van der Waals surface area contributed by atoms with Crippen molar-refractivity contribution in [1.82, 2.24) is 5.32 Å². The van der Waals surface area contributed by atoms with Crippen LogP contribution >= 0.6 is 0 Å². The molecule has 0 saturated carbocycles. The second-order valence-electron chi connectivity index (χ2n) is 5.15. The molecule has 4 N–H and O–H groups in total. The molecule has 0 aliphatic carbocycles. The Labute approximate surface area is 123 Å². The standard InChI is InChI=1S/C15H20N2O4/c1-9(2)13(14(16)19)17-12(18)8-7-10-5-3-4-6-11(10)15(20)21/h3-6,9,13H,7-8H2,1-2H3,(H2,16,19)(H,17,18)(H,20,21). The number of carboxylic acid groups (broad SMARTS) is 1. The number of aromatic carboxylic acids is 1. The summed E-state index contributed by atoms with van der Waals surface area (Å²) in [5.41, 5.74) is 5.99. The molecule has 21 heavy (non-hydrogen) atoms. The predicted molar refractivity (Wildman–Crippen MR) is 77.7 cm³/mol. The summed E-state index contributed by atoms with van der Waals surface area (Å²) in [7, 11) is 0. The van der Waals surface area contributed by atoms with Gasteiger partial charge in [0.2, 0.25) is 11.8 Å². The summed E-state index contributed by atoms with van der Waals surface area (Å²) >= 11 is 0. The molecule has 0 aliphatic heterocycles. The summed E-state index contributed by atoms with van der Waals surface area (Å²) in [6.45, 7) is 3.57. The number of hydrogen-bond donors (Lipinski definition) is 3. The minimum absolute atomic E-state index is 0.0980. The van der Waals surface area contributed by atoms with E-state index in [2.05, 4.69) is 5.32 Å². The summed E-state index contributed by atoms with van der Waals surface area (Å²) in [6.07, 6.45) is 0.388. The summed E-state index contributed by atoms with van der Waals surface area (Å²) in [5.74, 6) is -2.03. The van der Waals surface area contributed by atoms with Gasteiger partial charge in [-0.3, -0.25) is 9.59 Å². The van der Waals surface area contributed by atoms with Crippen molar-refractivity contribution >= 4 is 17.8 Å². The number of hydrogen-bond acceptors (Lipinski definition) is 3. The smallest absolute Gasteiger partial charge is 0.335 e. The number of aryl methyl sites for hydroxylation is 1. The minimum Gasteiger partial charge on any atom is -0.478 e. The van der Waals surface area contributed by atoms with Crippen molar-refractivity contribution in [1.29, 1.82) is 0 Å². The molecule has 0 heterocycles. The van der Waals surface area contributed by atoms with Gasteiger partial charge in [0.25, 0.3) is 0 Å². The maximum absolute atomic E-state index is 11.9. The minimum atomic E-state index is -1.02. The van der Waals surface area contributed by atoms with E-state index in [1.54, 1.807) is 32.0 Å². The monoisotopic (exact) mass is 292 g/mol. The Morgan fingerprint density at radius 2 is 1.86 bits per heavy atom. The molecule has 1 unspecified atom stereocenters. The number of carboxylic acids is 1. The first-order valence-corrected chi connectivity index (χ1v) is 6.72. The Balaban J connectivity index is 2.65. The zero-order valence-electron chi connectivity index (χ0n) is 12.1. The third kappa shape index (κ3) is 4.91. The average molecular weight is 292 g/mol. The van der Waals surface area contributed by atoms with Crippen molar-refractivity contribution in [3.8, 4) is 0 Å². The topological polar surface area (TPSA) is 109 Å². The Hall–Kier alpha value is -2.37. The van der Waals surface area contributed by atoms with Crippen molar-refractivity contribution in [3.05, 3.63) is 35.4 Å². The highest BCUT2D eigenvalue weighted by molar-refractivity contribution is 5.90. The Bertz CT molecular complexity index is 540. The predicted octanol–water partition coefficient (Wildman–Crippen LogP) is 0.943. The maximum atomic E-state index is 11.9. The number of nitrogens with one attached hydrogen (secondary N) is 1. The van der Waals surface area contributed by atoms with Gasteiger partial charge < -0.3 is 16.2 Å². The van der Waals surface area contributed by atoms with Crippen LogP contribution in [0, 0.1) is 5.92 Å². The van der Waals surface area contributed by atoms with E-state index in [4.69, 9.17) is 10.8 Å². The van der Waals surface area contributed by atoms with Gasteiger partial charge in [0.15, 0.2) is 0 Å². The number of carbonyl (C=O) groups is 3. The molecule has 2 amide bonds. The van der Waals surface area contributed by atoms with E-state index in [9.17, 15) is 14.4 Å². The molecule has 6 nitrogen and oxygen atoms in total. The van der Waals surface area contributed by atoms with E-state index >= 15 is 0 Å². The molecule has 0 saturated heterocycles. The fourth-order valence-corrected chi connectivity index (χ4v) is 2.01. The molecule has 1 rings (SSSR count). The number of amides is 2. The molecule has 0 radical (unpaired) electrons. The Morgan fingerprint density at radius 1 is 1.24 bits per heavy atom. The largest absolute Gasteiger partial charge is 0.478 e. The van der Waals surface area contributed by atoms with E-state index < -0.39 is 17.9 Å². The first-order valence-electron chi connectivity index (χ1n) is 6.72. The molecule has 0 fully saturated rings. The van der Waals surface area contributed by atoms with Crippen molar-refractivity contribution in [3.63, 3.8) is 0 Å². The van der Waals surface area contributed by atoms with Gasteiger partial charge in [-0.2, -0.15) is 0 Å². The normalized spacial score (nSPS) is 12.0. The third-order valence-electron chi connectivity index (χ3n) is 3.16. The lowest BCUT2D eigenvalue weighted by molar-refractivity contribution is -0.128. The van der Waals surface area contributed by atoms with Gasteiger partial charge in [-0.05, 0) is 24.0 Å². The summed E-state index contributed by atoms with van der Waals surface area (Å²) < 4.78 is 0. The molecule has 0 spiro atoms. The number of primary amides is 1. The number of nitrogens with two attached hydrogens (primary N) is 1. The van der Waals surface area contributed by atoms with Crippen molar-refractivity contribution in [2.75, 3.05) is 0 Å². The zero-order valence-corrected chi connectivity index (χ0v) is 12.1. The lowest BCUT2D eigenvalue weighted by atomic mass is 10.0. The fraction of sp³-hybridized carbons (Fsp3) is 0.400. The van der Waals surface area contributed by atoms with Crippen molar-refractivity contribution < 1.29 is 19.5 Å². The second kappa shape index (κ2) is 7.42. The van der Waals surface area contributed by atoms with Crippen LogP contribution < -0.4 is 11.1 Å². The van der Waals surface area contributed by atoms with Crippen molar-refractivity contribution in [2.24, 2.45) is 11.7 Å². The van der Waals surface area contributed by atoms with Crippen LogP contribution in [0.5, 0.6) is 0 Å². The molecule has 6 heteroatoms. The molecular formula is C15H20N2O4. The Kier molecular flexibility index (Phi) is 5.90. The summed E-state index contributed by atoms with van der Waals surface area (Å²) in [6, 6.07) is 5.81. The molecule has 1 aromatic rings. The molecule has 0 aliphatic rings. The molecule has 114 valence electrons. The van der Waals surface area contributed by atoms with Crippen LogP contribution in [-0.4, -0.2) is 28.9 Å². The molecule has 1 aromatic carbocycles. The van der Waals surface area contributed by atoms with Gasteiger partial charge in [0.1, 0.15) is 6.04 Å². The quantitative estimate of drug-likeness (QED) is 0.694. The van der Waals surface area contributed by atoms with Gasteiger partial charge >= 0.3 is 5.97 Å². The van der Waals surface area contributed by atoms with Crippen molar-refractivity contribution in [2.45, 2.75) is 32.7 Å². The number of rotatable bonds is 7. The van der Waals surface area contributed by atoms with E-state index in [1.165, 1.54) is 6.07 Å². The highest BCUT2D eigenvalue weighted by Crippen LogP contribution is 2.11. The van der Waals surface area contributed by atoms with Crippen LogP contribution in [0.15, 0.2) is 24.3 Å². The van der Waals surface area contributed by atoms with Gasteiger partial charge in [-0.25, -0.2) is 4.79 Å². The highest BCUT2D eigenvalue weighted by atomic mass is 16.4. The fourth-order valence-electron chi connectivity index (χ4n) is 2.01. The number of carbonyl (C=O) groups excluding carboxylic acids is 2. The third-order valence-corrected chi connectivity index (χ3v) is 3.16.